The van der Waals surface area contributed by atoms with Gasteiger partial charge >= 0.3 is 6.03 Å². The van der Waals surface area contributed by atoms with Crippen molar-refractivity contribution < 1.29 is 9.53 Å². The third-order valence-corrected chi connectivity index (χ3v) is 5.96. The Morgan fingerprint density at radius 2 is 1.82 bits per heavy atom. The lowest BCUT2D eigenvalue weighted by atomic mass is 10.1. The zero-order valence-corrected chi connectivity index (χ0v) is 17.2. The number of carbonyl (C=O) groups is 1. The highest BCUT2D eigenvalue weighted by atomic mass is 32.2. The van der Waals surface area contributed by atoms with Crippen LogP contribution < -0.4 is 10.6 Å². The molecule has 0 saturated carbocycles. The van der Waals surface area contributed by atoms with Crippen molar-refractivity contribution in [2.75, 3.05) is 43.9 Å². The number of amides is 2. The number of hydrogen-bond acceptors (Lipinski definition) is 4. The van der Waals surface area contributed by atoms with Gasteiger partial charge in [-0.15, -0.1) is 11.8 Å². The lowest BCUT2D eigenvalue weighted by Crippen LogP contribution is -2.38. The molecule has 0 bridgehead atoms. The zero-order chi connectivity index (χ0) is 19.6. The van der Waals surface area contributed by atoms with Crippen LogP contribution in [0.1, 0.15) is 24.9 Å². The van der Waals surface area contributed by atoms with Gasteiger partial charge in [0.1, 0.15) is 0 Å². The number of anilines is 1. The molecular weight excluding hydrogens is 370 g/mol. The van der Waals surface area contributed by atoms with E-state index in [1.165, 1.54) is 10.5 Å². The molecule has 2 N–H and O–H groups in total. The molecule has 2 aromatic carbocycles. The maximum atomic E-state index is 12.1. The quantitative estimate of drug-likeness (QED) is 0.511. The molecule has 3 rings (SSSR count). The molecule has 1 atom stereocenters. The second-order valence-corrected chi connectivity index (χ2v) is 8.01. The number of hydrogen-bond donors (Lipinski definition) is 2. The van der Waals surface area contributed by atoms with E-state index in [0.29, 0.717) is 12.6 Å². The molecule has 0 spiro atoms. The number of carbonyl (C=O) groups excluding carboxylic acids is 1. The van der Waals surface area contributed by atoms with Crippen molar-refractivity contribution in [3.05, 3.63) is 60.2 Å². The molecule has 0 aromatic heterocycles. The number of morpholine rings is 1. The summed E-state index contributed by atoms with van der Waals surface area (Å²) in [5.41, 5.74) is 2.07. The molecule has 1 fully saturated rings. The Morgan fingerprint density at radius 1 is 1.11 bits per heavy atom. The van der Waals surface area contributed by atoms with Gasteiger partial charge in [-0.05, 0) is 48.9 Å². The van der Waals surface area contributed by atoms with Crippen LogP contribution in [0.15, 0.2) is 59.5 Å². The van der Waals surface area contributed by atoms with Crippen molar-refractivity contribution >= 4 is 23.5 Å². The lowest BCUT2D eigenvalue weighted by Gasteiger charge is -2.32. The largest absolute Gasteiger partial charge is 0.379 e. The van der Waals surface area contributed by atoms with Crippen LogP contribution in [0.4, 0.5) is 10.5 Å². The molecule has 150 valence electrons. The summed E-state index contributed by atoms with van der Waals surface area (Å²) >= 11 is 1.81. The van der Waals surface area contributed by atoms with Crippen LogP contribution in [0.25, 0.3) is 0 Å². The van der Waals surface area contributed by atoms with Gasteiger partial charge in [-0.25, -0.2) is 4.79 Å². The molecule has 5 nitrogen and oxygen atoms in total. The van der Waals surface area contributed by atoms with Crippen LogP contribution in [-0.2, 0) is 4.74 Å². The average Bonchev–Trinajstić information content (AvgIpc) is 2.75. The molecule has 1 heterocycles. The average molecular weight is 400 g/mol. The Morgan fingerprint density at radius 3 is 2.54 bits per heavy atom. The lowest BCUT2D eigenvalue weighted by molar-refractivity contribution is 0.0198. The normalized spacial score (nSPS) is 15.8. The van der Waals surface area contributed by atoms with Gasteiger partial charge in [0.15, 0.2) is 0 Å². The third kappa shape index (κ3) is 6.55. The van der Waals surface area contributed by atoms with Crippen LogP contribution in [-0.4, -0.2) is 49.5 Å². The number of urea groups is 1. The topological polar surface area (TPSA) is 53.6 Å². The van der Waals surface area contributed by atoms with Gasteiger partial charge in [-0.2, -0.15) is 0 Å². The van der Waals surface area contributed by atoms with Crippen LogP contribution in [0, 0.1) is 0 Å². The SMILES string of the molecule is CC(c1ccc(NC(=O)NCCCSc2ccccc2)cc1)N1CCOCC1. The fraction of sp³-hybridized carbons (Fsp3) is 0.409. The van der Waals surface area contributed by atoms with Crippen LogP contribution >= 0.6 is 11.8 Å². The fourth-order valence-corrected chi connectivity index (χ4v) is 4.05. The highest BCUT2D eigenvalue weighted by molar-refractivity contribution is 7.99. The first-order chi connectivity index (χ1) is 13.7. The van der Waals surface area contributed by atoms with Crippen LogP contribution in [0.5, 0.6) is 0 Å². The first-order valence-electron chi connectivity index (χ1n) is 9.87. The molecule has 1 saturated heterocycles. The van der Waals surface area contributed by atoms with E-state index in [-0.39, 0.29) is 6.03 Å². The number of ether oxygens (including phenoxy) is 1. The molecule has 1 aliphatic rings. The van der Waals surface area contributed by atoms with Crippen molar-refractivity contribution in [1.29, 1.82) is 0 Å². The Balaban J connectivity index is 1.35. The maximum absolute atomic E-state index is 12.1. The minimum absolute atomic E-state index is 0.154. The first-order valence-corrected chi connectivity index (χ1v) is 10.9. The monoisotopic (exact) mass is 399 g/mol. The van der Waals surface area contributed by atoms with Gasteiger partial charge in [0.05, 0.1) is 13.2 Å². The second kappa shape index (κ2) is 11.1. The predicted molar refractivity (Wildman–Crippen MR) is 116 cm³/mol. The van der Waals surface area contributed by atoms with Gasteiger partial charge < -0.3 is 15.4 Å². The molecule has 0 aliphatic carbocycles. The summed E-state index contributed by atoms with van der Waals surface area (Å²) in [6.45, 7) is 6.41. The molecule has 1 unspecified atom stereocenters. The van der Waals surface area contributed by atoms with Gasteiger partial charge in [0.2, 0.25) is 0 Å². The van der Waals surface area contributed by atoms with Crippen LogP contribution in [0.2, 0.25) is 0 Å². The standard InChI is InChI=1S/C22H29N3O2S/c1-18(25-13-15-27-16-14-25)19-8-10-20(11-9-19)24-22(26)23-12-5-17-28-21-6-3-2-4-7-21/h2-4,6-11,18H,5,12-17H2,1H3,(H2,23,24,26). The van der Waals surface area contributed by atoms with Crippen molar-refractivity contribution in [3.63, 3.8) is 0 Å². The molecule has 28 heavy (non-hydrogen) atoms. The summed E-state index contributed by atoms with van der Waals surface area (Å²) in [6.07, 6.45) is 0.934. The third-order valence-electron chi connectivity index (χ3n) is 4.86. The highest BCUT2D eigenvalue weighted by Gasteiger charge is 2.18. The minimum atomic E-state index is -0.154. The van der Waals surface area contributed by atoms with E-state index in [1.807, 2.05) is 42.1 Å². The summed E-state index contributed by atoms with van der Waals surface area (Å²) in [4.78, 5) is 15.7. The minimum Gasteiger partial charge on any atom is -0.379 e. The second-order valence-electron chi connectivity index (χ2n) is 6.84. The molecule has 0 radical (unpaired) electrons. The van der Waals surface area contributed by atoms with Gasteiger partial charge in [-0.1, -0.05) is 30.3 Å². The summed E-state index contributed by atoms with van der Waals surface area (Å²) in [5.74, 6) is 0.985. The summed E-state index contributed by atoms with van der Waals surface area (Å²) in [5, 5.41) is 5.83. The van der Waals surface area contributed by atoms with Gasteiger partial charge in [-0.3, -0.25) is 4.90 Å². The maximum Gasteiger partial charge on any atom is 0.319 e. The Bertz CT molecular complexity index is 718. The zero-order valence-electron chi connectivity index (χ0n) is 16.4. The van der Waals surface area contributed by atoms with Gasteiger partial charge in [0, 0.05) is 36.3 Å². The number of rotatable bonds is 8. The number of benzene rings is 2. The predicted octanol–water partition coefficient (Wildman–Crippen LogP) is 4.38. The summed E-state index contributed by atoms with van der Waals surface area (Å²) < 4.78 is 5.42. The molecule has 6 heteroatoms. The van der Waals surface area contributed by atoms with Crippen molar-refractivity contribution in [2.24, 2.45) is 0 Å². The van der Waals surface area contributed by atoms with Gasteiger partial charge in [0.25, 0.3) is 0 Å². The van der Waals surface area contributed by atoms with E-state index in [1.54, 1.807) is 0 Å². The first kappa shape index (κ1) is 20.7. The van der Waals surface area contributed by atoms with Crippen molar-refractivity contribution in [3.8, 4) is 0 Å². The Labute approximate surface area is 171 Å². The smallest absolute Gasteiger partial charge is 0.319 e. The van der Waals surface area contributed by atoms with E-state index in [4.69, 9.17) is 4.74 Å². The van der Waals surface area contributed by atoms with Crippen molar-refractivity contribution in [1.82, 2.24) is 10.2 Å². The van der Waals surface area contributed by atoms with E-state index >= 15 is 0 Å². The van der Waals surface area contributed by atoms with E-state index < -0.39 is 0 Å². The van der Waals surface area contributed by atoms with E-state index in [9.17, 15) is 4.79 Å². The highest BCUT2D eigenvalue weighted by Crippen LogP contribution is 2.22. The van der Waals surface area contributed by atoms with E-state index in [2.05, 4.69) is 46.7 Å². The van der Waals surface area contributed by atoms with Crippen LogP contribution in [0.3, 0.4) is 0 Å². The summed E-state index contributed by atoms with van der Waals surface area (Å²) in [7, 11) is 0. The molecular formula is C22H29N3O2S. The van der Waals surface area contributed by atoms with Crippen molar-refractivity contribution in [2.45, 2.75) is 24.3 Å². The molecule has 2 aromatic rings. The number of nitrogens with zero attached hydrogens (tertiary/aromatic N) is 1. The Kier molecular flexibility index (Phi) is 8.21. The Hall–Kier alpha value is -2.02. The van der Waals surface area contributed by atoms with E-state index in [0.717, 1.165) is 44.2 Å². The number of nitrogens with one attached hydrogen (secondary N) is 2. The summed E-state index contributed by atoms with van der Waals surface area (Å²) in [6, 6.07) is 18.6. The number of thioether (sulfide) groups is 1. The molecule has 2 amide bonds. The molecule has 1 aliphatic heterocycles. The fourth-order valence-electron chi connectivity index (χ4n) is 3.18.